The molecule has 2 N–H and O–H groups in total. The van der Waals surface area contributed by atoms with Gasteiger partial charge in [0.2, 0.25) is 15.5 Å². The highest BCUT2D eigenvalue weighted by Gasteiger charge is 2.34. The third-order valence-corrected chi connectivity index (χ3v) is 7.67. The molecular weight excluding hydrogens is 428 g/mol. The van der Waals surface area contributed by atoms with Crippen molar-refractivity contribution in [2.45, 2.75) is 43.5 Å². The molecule has 9 heteroatoms. The predicted molar refractivity (Wildman–Crippen MR) is 122 cm³/mol. The molecule has 1 aliphatic rings. The van der Waals surface area contributed by atoms with Crippen molar-refractivity contribution in [1.82, 2.24) is 19.6 Å². The van der Waals surface area contributed by atoms with Crippen LogP contribution in [0.1, 0.15) is 54.6 Å². The lowest BCUT2D eigenvalue weighted by atomic mass is 9.99. The monoisotopic (exact) mass is 454 g/mol. The molecule has 1 saturated heterocycles. The minimum atomic E-state index is -3.86. The van der Waals surface area contributed by atoms with E-state index in [1.54, 1.807) is 24.5 Å². The van der Waals surface area contributed by atoms with E-state index in [9.17, 15) is 18.0 Å². The molecule has 0 bridgehead atoms. The molecule has 168 valence electrons. The van der Waals surface area contributed by atoms with Crippen molar-refractivity contribution < 1.29 is 13.2 Å². The molecular formula is C23H26N4O4S. The van der Waals surface area contributed by atoms with Crippen molar-refractivity contribution in [3.05, 3.63) is 70.3 Å². The number of piperidine rings is 1. The van der Waals surface area contributed by atoms with Crippen LogP contribution in [-0.2, 0) is 10.0 Å². The van der Waals surface area contributed by atoms with Gasteiger partial charge in [0.15, 0.2) is 0 Å². The molecule has 2 aromatic heterocycles. The van der Waals surface area contributed by atoms with Crippen LogP contribution in [0.4, 0.5) is 0 Å². The highest BCUT2D eigenvalue weighted by Crippen LogP contribution is 2.35. The summed E-state index contributed by atoms with van der Waals surface area (Å²) < 4.78 is 28.7. The fourth-order valence-corrected chi connectivity index (χ4v) is 5.80. The Morgan fingerprint density at radius 2 is 2.12 bits per heavy atom. The average Bonchev–Trinajstić information content (AvgIpc) is 2.83. The Morgan fingerprint density at radius 3 is 2.88 bits per heavy atom. The zero-order valence-corrected chi connectivity index (χ0v) is 18.7. The number of sulfonamides is 1. The maximum absolute atomic E-state index is 13.6. The van der Waals surface area contributed by atoms with E-state index in [-0.39, 0.29) is 21.9 Å². The van der Waals surface area contributed by atoms with Gasteiger partial charge in [-0.1, -0.05) is 19.4 Å². The number of fused-ring (bicyclic) bond motifs is 1. The summed E-state index contributed by atoms with van der Waals surface area (Å²) in [4.78, 5) is 32.4. The standard InChI is InChI=1S/C23H26N4O4S/c1-2-10-25-23(29)19-15-26-20-9-8-17(13-18(20)22(19)28)32(30,31)27-12-4-3-7-21(27)16-6-5-11-24-14-16/h5-6,8-9,11,13-15,21H,2-4,7,10,12H2,1H3,(H,25,29)(H,26,28). The van der Waals surface area contributed by atoms with Gasteiger partial charge < -0.3 is 10.3 Å². The molecule has 0 radical (unpaired) electrons. The summed E-state index contributed by atoms with van der Waals surface area (Å²) in [5.74, 6) is -0.476. The highest BCUT2D eigenvalue weighted by molar-refractivity contribution is 7.89. The van der Waals surface area contributed by atoms with Gasteiger partial charge in [-0.15, -0.1) is 0 Å². The van der Waals surface area contributed by atoms with Gasteiger partial charge >= 0.3 is 0 Å². The molecule has 3 heterocycles. The molecule has 4 rings (SSSR count). The van der Waals surface area contributed by atoms with Gasteiger partial charge in [-0.05, 0) is 49.1 Å². The molecule has 0 saturated carbocycles. The minimum Gasteiger partial charge on any atom is -0.360 e. The molecule has 0 aliphatic carbocycles. The van der Waals surface area contributed by atoms with Gasteiger partial charge in [0.05, 0.1) is 10.9 Å². The molecule has 1 fully saturated rings. The van der Waals surface area contributed by atoms with Gasteiger partial charge in [-0.25, -0.2) is 8.42 Å². The normalized spacial score (nSPS) is 17.3. The molecule has 3 aromatic rings. The molecule has 1 aromatic carbocycles. The summed E-state index contributed by atoms with van der Waals surface area (Å²) in [5.41, 5.74) is 0.798. The van der Waals surface area contributed by atoms with Crippen molar-refractivity contribution in [2.24, 2.45) is 0 Å². The number of hydrogen-bond donors (Lipinski definition) is 2. The van der Waals surface area contributed by atoms with Crippen molar-refractivity contribution in [1.29, 1.82) is 0 Å². The molecule has 1 aliphatic heterocycles. The van der Waals surface area contributed by atoms with Crippen LogP contribution in [-0.4, -0.2) is 41.7 Å². The molecule has 0 spiro atoms. The lowest BCUT2D eigenvalue weighted by Gasteiger charge is -2.34. The second-order valence-corrected chi connectivity index (χ2v) is 9.80. The maximum Gasteiger partial charge on any atom is 0.256 e. The zero-order valence-electron chi connectivity index (χ0n) is 17.9. The summed E-state index contributed by atoms with van der Waals surface area (Å²) in [5, 5.41) is 2.85. The minimum absolute atomic E-state index is 0.0355. The SMILES string of the molecule is CCCNC(=O)c1c[nH]c2ccc(S(=O)(=O)N3CCCCC3c3cccnc3)cc2c1=O. The number of amides is 1. The van der Waals surface area contributed by atoms with Crippen molar-refractivity contribution in [3.63, 3.8) is 0 Å². The first-order valence-corrected chi connectivity index (χ1v) is 12.2. The van der Waals surface area contributed by atoms with Crippen molar-refractivity contribution in [2.75, 3.05) is 13.1 Å². The number of hydrogen-bond acceptors (Lipinski definition) is 5. The first-order valence-electron chi connectivity index (χ1n) is 10.8. The number of benzene rings is 1. The fourth-order valence-electron chi connectivity index (χ4n) is 4.09. The predicted octanol–water partition coefficient (Wildman–Crippen LogP) is 2.98. The smallest absolute Gasteiger partial charge is 0.256 e. The summed E-state index contributed by atoms with van der Waals surface area (Å²) in [6.07, 6.45) is 7.88. The number of carbonyl (C=O) groups is 1. The van der Waals surface area contributed by atoms with E-state index < -0.39 is 21.4 Å². The number of nitrogens with zero attached hydrogens (tertiary/aromatic N) is 2. The van der Waals surface area contributed by atoms with Gasteiger partial charge in [0, 0.05) is 42.6 Å². The largest absolute Gasteiger partial charge is 0.360 e. The number of nitrogens with one attached hydrogen (secondary N) is 2. The van der Waals surface area contributed by atoms with Gasteiger partial charge in [0.1, 0.15) is 5.56 Å². The summed E-state index contributed by atoms with van der Waals surface area (Å²) in [6.45, 7) is 2.77. The Kier molecular flexibility index (Phi) is 6.38. The fraction of sp³-hybridized carbons (Fsp3) is 0.348. The van der Waals surface area contributed by atoms with E-state index in [4.69, 9.17) is 0 Å². The van der Waals surface area contributed by atoms with Gasteiger partial charge in [-0.3, -0.25) is 14.6 Å². The zero-order chi connectivity index (χ0) is 22.7. The van der Waals surface area contributed by atoms with Crippen LogP contribution in [0.15, 0.2) is 58.6 Å². The van der Waals surface area contributed by atoms with Gasteiger partial charge in [0.25, 0.3) is 5.91 Å². The van der Waals surface area contributed by atoms with Gasteiger partial charge in [-0.2, -0.15) is 4.31 Å². The van der Waals surface area contributed by atoms with E-state index in [0.717, 1.165) is 24.8 Å². The lowest BCUT2D eigenvalue weighted by molar-refractivity contribution is 0.0952. The summed E-state index contributed by atoms with van der Waals surface area (Å²) in [6, 6.07) is 7.82. The second-order valence-electron chi connectivity index (χ2n) is 7.91. The third-order valence-electron chi connectivity index (χ3n) is 5.76. The first kappa shape index (κ1) is 22.2. The van der Waals surface area contributed by atoms with Crippen LogP contribution < -0.4 is 10.7 Å². The number of pyridine rings is 2. The number of aromatic nitrogens is 2. The molecule has 8 nitrogen and oxygen atoms in total. The van der Waals surface area contributed by atoms with Crippen molar-refractivity contribution in [3.8, 4) is 0 Å². The Bertz CT molecular complexity index is 1290. The first-order chi connectivity index (χ1) is 15.4. The molecule has 1 unspecified atom stereocenters. The van der Waals surface area contributed by atoms with Crippen LogP contribution in [0, 0.1) is 0 Å². The summed E-state index contributed by atoms with van der Waals surface area (Å²) >= 11 is 0. The van der Waals surface area contributed by atoms with Crippen LogP contribution >= 0.6 is 0 Å². The second kappa shape index (κ2) is 9.22. The Hall–Kier alpha value is -3.04. The average molecular weight is 455 g/mol. The Labute approximate surface area is 186 Å². The number of carbonyl (C=O) groups excluding carboxylic acids is 1. The number of aromatic amines is 1. The van der Waals surface area contributed by atoms with Crippen LogP contribution in [0.3, 0.4) is 0 Å². The number of rotatable bonds is 6. The molecule has 32 heavy (non-hydrogen) atoms. The van der Waals surface area contributed by atoms with Crippen molar-refractivity contribution >= 4 is 26.8 Å². The van der Waals surface area contributed by atoms with Crippen LogP contribution in [0.2, 0.25) is 0 Å². The van der Waals surface area contributed by atoms with Crippen LogP contribution in [0.5, 0.6) is 0 Å². The highest BCUT2D eigenvalue weighted by atomic mass is 32.2. The van der Waals surface area contributed by atoms with E-state index >= 15 is 0 Å². The lowest BCUT2D eigenvalue weighted by Crippen LogP contribution is -2.38. The van der Waals surface area contributed by atoms with E-state index in [1.807, 2.05) is 13.0 Å². The maximum atomic E-state index is 13.6. The third kappa shape index (κ3) is 4.18. The van der Waals surface area contributed by atoms with E-state index in [1.165, 1.54) is 22.6 Å². The summed E-state index contributed by atoms with van der Waals surface area (Å²) in [7, 11) is -3.86. The molecule has 1 atom stereocenters. The topological polar surface area (TPSA) is 112 Å². The number of H-pyrrole nitrogens is 1. The quantitative estimate of drug-likeness (QED) is 0.595. The van der Waals surface area contributed by atoms with E-state index in [0.29, 0.717) is 25.0 Å². The molecule has 1 amide bonds. The Morgan fingerprint density at radius 1 is 1.28 bits per heavy atom. The van der Waals surface area contributed by atoms with Crippen LogP contribution in [0.25, 0.3) is 10.9 Å². The van der Waals surface area contributed by atoms with E-state index in [2.05, 4.69) is 15.3 Å². The Balaban J connectivity index is 1.75.